The largest absolute Gasteiger partial charge is 0.453 e. The zero-order valence-corrected chi connectivity index (χ0v) is 29.9. The molecule has 0 spiro atoms. The molecule has 0 aliphatic heterocycles. The van der Waals surface area contributed by atoms with Gasteiger partial charge in [-0.3, -0.25) is 9.59 Å². The second-order valence-electron chi connectivity index (χ2n) is 13.2. The summed E-state index contributed by atoms with van der Waals surface area (Å²) in [5.41, 5.74) is 5.94. The Morgan fingerprint density at radius 2 is 1.18 bits per heavy atom. The second kappa shape index (κ2) is 17.5. The third-order valence-electron chi connectivity index (χ3n) is 8.29. The zero-order valence-electron chi connectivity index (χ0n) is 29.9. The molecule has 49 heavy (non-hydrogen) atoms. The Morgan fingerprint density at radius 3 is 1.61 bits per heavy atom. The first-order chi connectivity index (χ1) is 23.5. The van der Waals surface area contributed by atoms with Gasteiger partial charge >= 0.3 is 6.09 Å². The fourth-order valence-corrected chi connectivity index (χ4v) is 5.70. The molecule has 1 unspecified atom stereocenters. The molecule has 262 valence electrons. The van der Waals surface area contributed by atoms with Crippen molar-refractivity contribution in [2.75, 3.05) is 20.2 Å². The highest BCUT2D eigenvalue weighted by molar-refractivity contribution is 5.86. The molecule has 3 N–H and O–H groups in total. The van der Waals surface area contributed by atoms with Gasteiger partial charge in [-0.25, -0.2) is 14.8 Å². The van der Waals surface area contributed by atoms with Gasteiger partial charge in [-0.1, -0.05) is 90.1 Å². The molecule has 3 amide bonds. The van der Waals surface area contributed by atoms with Gasteiger partial charge in [-0.2, -0.15) is 0 Å². The summed E-state index contributed by atoms with van der Waals surface area (Å²) in [7, 11) is 1.29. The van der Waals surface area contributed by atoms with Gasteiger partial charge in [0.1, 0.15) is 17.7 Å². The van der Waals surface area contributed by atoms with Gasteiger partial charge in [0.15, 0.2) is 0 Å². The van der Waals surface area contributed by atoms with Crippen LogP contribution in [-0.4, -0.2) is 73.9 Å². The Kier molecular flexibility index (Phi) is 13.1. The molecule has 2 heterocycles. The van der Waals surface area contributed by atoms with Gasteiger partial charge in [0.2, 0.25) is 11.8 Å². The van der Waals surface area contributed by atoms with E-state index in [4.69, 9.17) is 4.74 Å². The summed E-state index contributed by atoms with van der Waals surface area (Å²) in [5.74, 6) is 1.65. The number of aromatic amines is 2. The minimum absolute atomic E-state index is 0.106. The number of alkyl carbamates (subject to hydrolysis) is 1. The summed E-state index contributed by atoms with van der Waals surface area (Å²) < 4.78 is 4.73. The molecule has 0 saturated heterocycles. The van der Waals surface area contributed by atoms with Crippen LogP contribution in [0.3, 0.4) is 0 Å². The number of imidazole rings is 2. The molecule has 1 atom stereocenters. The summed E-state index contributed by atoms with van der Waals surface area (Å²) in [6, 6.07) is 15.9. The van der Waals surface area contributed by atoms with E-state index in [1.165, 1.54) is 7.11 Å². The van der Waals surface area contributed by atoms with E-state index in [2.05, 4.69) is 82.4 Å². The Bertz CT molecular complexity index is 1660. The minimum Gasteiger partial charge on any atom is -0.453 e. The van der Waals surface area contributed by atoms with Crippen LogP contribution in [0.2, 0.25) is 0 Å². The van der Waals surface area contributed by atoms with E-state index in [1.54, 1.807) is 11.1 Å². The van der Waals surface area contributed by atoms with Crippen molar-refractivity contribution in [3.05, 3.63) is 72.6 Å². The van der Waals surface area contributed by atoms with E-state index >= 15 is 0 Å². The lowest BCUT2D eigenvalue weighted by atomic mass is 10.0. The first kappa shape index (κ1) is 36.9. The van der Waals surface area contributed by atoms with Crippen LogP contribution in [0.15, 0.2) is 60.9 Å². The lowest BCUT2D eigenvalue weighted by molar-refractivity contribution is -0.135. The molecule has 2 aromatic carbocycles. The van der Waals surface area contributed by atoms with Gasteiger partial charge < -0.3 is 29.8 Å². The number of carbonyl (C=O) groups is 3. The highest BCUT2D eigenvalue weighted by Crippen LogP contribution is 2.27. The maximum Gasteiger partial charge on any atom is 0.407 e. The number of nitrogens with one attached hydrogen (secondary N) is 3. The summed E-state index contributed by atoms with van der Waals surface area (Å²) in [6.07, 6.45) is 5.19. The lowest BCUT2D eigenvalue weighted by Gasteiger charge is -2.28. The molecule has 0 bridgehead atoms. The molecule has 4 rings (SSSR count). The Labute approximate surface area is 289 Å². The summed E-state index contributed by atoms with van der Waals surface area (Å²) in [5, 5.41) is 2.67. The van der Waals surface area contributed by atoms with Crippen LogP contribution in [0.1, 0.15) is 72.5 Å². The number of methoxy groups -OCH3 is 1. The van der Waals surface area contributed by atoms with Crippen molar-refractivity contribution in [2.24, 2.45) is 11.8 Å². The maximum absolute atomic E-state index is 13.4. The van der Waals surface area contributed by atoms with Gasteiger partial charge in [0.25, 0.3) is 0 Å². The van der Waals surface area contributed by atoms with Gasteiger partial charge in [0.05, 0.1) is 44.0 Å². The number of H-pyrrole nitrogens is 2. The fourth-order valence-electron chi connectivity index (χ4n) is 5.70. The normalized spacial score (nSPS) is 11.9. The van der Waals surface area contributed by atoms with Crippen molar-refractivity contribution in [1.29, 1.82) is 0 Å². The number of hydrogen-bond acceptors (Lipinski definition) is 6. The smallest absolute Gasteiger partial charge is 0.407 e. The van der Waals surface area contributed by atoms with E-state index in [-0.39, 0.29) is 17.7 Å². The molecule has 0 fully saturated rings. The highest BCUT2D eigenvalue weighted by Gasteiger charge is 2.29. The molecule has 0 aliphatic rings. The zero-order chi connectivity index (χ0) is 35.5. The number of carbonyl (C=O) groups excluding carboxylic acids is 3. The van der Waals surface area contributed by atoms with Crippen molar-refractivity contribution < 1.29 is 19.1 Å². The second-order valence-corrected chi connectivity index (χ2v) is 13.2. The Balaban J connectivity index is 1.41. The molecule has 0 saturated carbocycles. The molecule has 0 aliphatic carbocycles. The van der Waals surface area contributed by atoms with Crippen molar-refractivity contribution in [2.45, 2.75) is 79.9 Å². The quantitative estimate of drug-likeness (QED) is 0.117. The van der Waals surface area contributed by atoms with Crippen molar-refractivity contribution in [3.8, 4) is 33.6 Å². The van der Waals surface area contributed by atoms with Crippen LogP contribution >= 0.6 is 0 Å². The van der Waals surface area contributed by atoms with Gasteiger partial charge in [-0.15, -0.1) is 0 Å². The maximum atomic E-state index is 13.4. The van der Waals surface area contributed by atoms with Crippen molar-refractivity contribution >= 4 is 17.9 Å². The third kappa shape index (κ3) is 10.0. The number of nitrogens with zero attached hydrogens (tertiary/aromatic N) is 4. The topological polar surface area (TPSA) is 136 Å². The lowest BCUT2D eigenvalue weighted by Crippen LogP contribution is -2.51. The summed E-state index contributed by atoms with van der Waals surface area (Å²) >= 11 is 0. The highest BCUT2D eigenvalue weighted by atomic mass is 16.5. The summed E-state index contributed by atoms with van der Waals surface area (Å²) in [4.78, 5) is 57.5. The van der Waals surface area contributed by atoms with E-state index < -0.39 is 12.1 Å². The number of rotatable bonds is 16. The average Bonchev–Trinajstić information content (AvgIpc) is 3.76. The minimum atomic E-state index is -0.695. The van der Waals surface area contributed by atoms with Crippen LogP contribution < -0.4 is 5.32 Å². The van der Waals surface area contributed by atoms with Crippen molar-refractivity contribution in [3.63, 3.8) is 0 Å². The van der Waals surface area contributed by atoms with Gasteiger partial charge in [0, 0.05) is 19.5 Å². The molecule has 11 nitrogen and oxygen atoms in total. The number of aromatic nitrogens is 4. The molecule has 0 radical (unpaired) electrons. The predicted octanol–water partition coefficient (Wildman–Crippen LogP) is 7.04. The fraction of sp³-hybridized carbons (Fsp3) is 0.447. The molecule has 2 aromatic heterocycles. The number of benzene rings is 2. The monoisotopic (exact) mass is 669 g/mol. The Hall–Kier alpha value is -4.93. The van der Waals surface area contributed by atoms with Crippen LogP contribution in [0, 0.1) is 11.8 Å². The van der Waals surface area contributed by atoms with E-state index in [0.29, 0.717) is 44.3 Å². The number of hydrogen-bond donors (Lipinski definition) is 3. The molecular weight excluding hydrogens is 618 g/mol. The van der Waals surface area contributed by atoms with E-state index in [0.717, 1.165) is 52.3 Å². The molecule has 4 aromatic rings. The summed E-state index contributed by atoms with van der Waals surface area (Å²) in [6.45, 7) is 14.0. The predicted molar refractivity (Wildman–Crippen MR) is 192 cm³/mol. The van der Waals surface area contributed by atoms with E-state index in [9.17, 15) is 14.4 Å². The van der Waals surface area contributed by atoms with Crippen molar-refractivity contribution in [1.82, 2.24) is 35.1 Å². The van der Waals surface area contributed by atoms with Gasteiger partial charge in [-0.05, 0) is 46.9 Å². The van der Waals surface area contributed by atoms with Crippen LogP contribution in [0.5, 0.6) is 0 Å². The third-order valence-corrected chi connectivity index (χ3v) is 8.29. The van der Waals surface area contributed by atoms with E-state index in [1.807, 2.05) is 44.0 Å². The molecular formula is C38H51N7O4. The van der Waals surface area contributed by atoms with Crippen LogP contribution in [0.4, 0.5) is 4.79 Å². The SMILES string of the molecule is CCCN(Cc1ncc(-c2ccc(-c3ccc(-c4cnc(CN(CCC)C(=O)C(NC(=O)OC)C(C)C)[nH]4)cc3)cc2)[nH]1)C(=O)CC(C)C. The van der Waals surface area contributed by atoms with Crippen LogP contribution in [0.25, 0.3) is 33.6 Å². The van der Waals surface area contributed by atoms with Crippen LogP contribution in [-0.2, 0) is 27.4 Å². The average molecular weight is 670 g/mol. The first-order valence-corrected chi connectivity index (χ1v) is 17.2. The Morgan fingerprint density at radius 1 is 0.735 bits per heavy atom. The first-order valence-electron chi connectivity index (χ1n) is 17.2. The number of amides is 3. The standard InChI is InChI=1S/C38H51N7O4/c1-8-18-44(35(46)20-25(3)4)23-33-39-21-31(41-33)29-14-10-27(11-15-29)28-12-16-30(17-13-28)32-22-40-34(42-32)24-45(19-9-2)37(47)36(26(5)6)43-38(48)49-7/h10-17,21-22,25-26,36H,8-9,18-20,23-24H2,1-7H3,(H,39,41)(H,40,42)(H,43,48). The molecule has 11 heteroatoms. The number of ether oxygens (including phenoxy) is 1.